The summed E-state index contributed by atoms with van der Waals surface area (Å²) in [6, 6.07) is 0. The van der Waals surface area contributed by atoms with Gasteiger partial charge in [0.1, 0.15) is 6.33 Å². The van der Waals surface area contributed by atoms with Crippen LogP contribution in [0.15, 0.2) is 6.33 Å². The highest BCUT2D eigenvalue weighted by Gasteiger charge is 2.16. The molecule has 0 aliphatic carbocycles. The molecule has 0 saturated carbocycles. The number of nitrogens with zero attached hydrogens (tertiary/aromatic N) is 4. The molecule has 1 fully saturated rings. The lowest BCUT2D eigenvalue weighted by atomic mass is 10.4. The smallest absolute Gasteiger partial charge is 0.204 e. The average Bonchev–Trinajstić information content (AvgIpc) is 2.67. The Morgan fingerprint density at radius 3 is 3.00 bits per heavy atom. The zero-order valence-corrected chi connectivity index (χ0v) is 10.2. The first-order valence-corrected chi connectivity index (χ1v) is 6.51. The van der Waals surface area contributed by atoms with Gasteiger partial charge in [0.05, 0.1) is 0 Å². The van der Waals surface area contributed by atoms with E-state index in [4.69, 9.17) is 11.6 Å². The van der Waals surface area contributed by atoms with Crippen LogP contribution in [0, 0.1) is 0 Å². The molecule has 0 aromatic carbocycles. The second-order valence-corrected chi connectivity index (χ2v) is 4.73. The molecule has 2 rings (SSSR count). The standard InChI is InChI=1S/C9H15ClN4S/c10-2-5-13-3-1-4-14(7-6-13)9-11-8-12-15-9/h8H,1-7H2. The molecule has 0 atom stereocenters. The van der Waals surface area contributed by atoms with E-state index in [1.54, 1.807) is 6.33 Å². The Labute approximate surface area is 99.0 Å². The van der Waals surface area contributed by atoms with Gasteiger partial charge in [0.15, 0.2) is 0 Å². The molecule has 6 heteroatoms. The molecule has 0 N–H and O–H groups in total. The monoisotopic (exact) mass is 246 g/mol. The summed E-state index contributed by atoms with van der Waals surface area (Å²) in [5, 5.41) is 1.04. The normalized spacial score (nSPS) is 19.1. The van der Waals surface area contributed by atoms with E-state index in [1.165, 1.54) is 18.0 Å². The average molecular weight is 247 g/mol. The van der Waals surface area contributed by atoms with E-state index in [2.05, 4.69) is 19.2 Å². The molecule has 2 heterocycles. The van der Waals surface area contributed by atoms with Gasteiger partial charge in [-0.3, -0.25) is 0 Å². The summed E-state index contributed by atoms with van der Waals surface area (Å²) in [6.07, 6.45) is 2.80. The van der Waals surface area contributed by atoms with Crippen molar-refractivity contribution in [3.63, 3.8) is 0 Å². The van der Waals surface area contributed by atoms with Gasteiger partial charge in [-0.2, -0.15) is 4.37 Å². The lowest BCUT2D eigenvalue weighted by molar-refractivity contribution is 0.311. The third-order valence-electron chi connectivity index (χ3n) is 2.61. The Bertz CT molecular complexity index is 280. The van der Waals surface area contributed by atoms with Gasteiger partial charge in [-0.15, -0.1) is 11.6 Å². The minimum Gasteiger partial charge on any atom is -0.346 e. The van der Waals surface area contributed by atoms with E-state index in [1.807, 2.05) is 0 Å². The fraction of sp³-hybridized carbons (Fsp3) is 0.778. The van der Waals surface area contributed by atoms with Crippen LogP contribution in [0.25, 0.3) is 0 Å². The summed E-state index contributed by atoms with van der Waals surface area (Å²) in [5.41, 5.74) is 0. The van der Waals surface area contributed by atoms with Crippen molar-refractivity contribution < 1.29 is 0 Å². The Balaban J connectivity index is 1.90. The maximum absolute atomic E-state index is 5.75. The molecule has 1 aliphatic rings. The Morgan fingerprint density at radius 2 is 2.27 bits per heavy atom. The van der Waals surface area contributed by atoms with Crippen molar-refractivity contribution in [2.75, 3.05) is 43.5 Å². The van der Waals surface area contributed by atoms with E-state index in [9.17, 15) is 0 Å². The number of halogens is 1. The molecule has 1 aliphatic heterocycles. The number of rotatable bonds is 3. The van der Waals surface area contributed by atoms with Crippen molar-refractivity contribution in [1.82, 2.24) is 14.3 Å². The molecule has 0 spiro atoms. The van der Waals surface area contributed by atoms with Crippen LogP contribution < -0.4 is 4.90 Å². The Kier molecular flexibility index (Phi) is 4.17. The highest BCUT2D eigenvalue weighted by atomic mass is 35.5. The molecular weight excluding hydrogens is 232 g/mol. The third kappa shape index (κ3) is 3.03. The Morgan fingerprint density at radius 1 is 1.33 bits per heavy atom. The highest BCUT2D eigenvalue weighted by molar-refractivity contribution is 7.09. The van der Waals surface area contributed by atoms with Crippen molar-refractivity contribution in [2.24, 2.45) is 0 Å². The molecular formula is C9H15ClN4S. The summed E-state index contributed by atoms with van der Waals surface area (Å²) in [4.78, 5) is 8.96. The van der Waals surface area contributed by atoms with E-state index in [-0.39, 0.29) is 0 Å². The molecule has 0 unspecified atom stereocenters. The van der Waals surface area contributed by atoms with Crippen molar-refractivity contribution in [3.8, 4) is 0 Å². The third-order valence-corrected chi connectivity index (χ3v) is 3.51. The summed E-state index contributed by atoms with van der Waals surface area (Å²) >= 11 is 7.22. The molecule has 4 nitrogen and oxygen atoms in total. The SMILES string of the molecule is ClCCN1CCCN(c2ncns2)CC1. The zero-order valence-electron chi connectivity index (χ0n) is 8.60. The summed E-state index contributed by atoms with van der Waals surface area (Å²) in [5.74, 6) is 0.721. The molecule has 1 aromatic heterocycles. The van der Waals surface area contributed by atoms with Gasteiger partial charge in [-0.1, -0.05) is 0 Å². The number of aromatic nitrogens is 2. The molecule has 84 valence electrons. The molecule has 0 amide bonds. The number of alkyl halides is 1. The fourth-order valence-electron chi connectivity index (χ4n) is 1.81. The van der Waals surface area contributed by atoms with Gasteiger partial charge >= 0.3 is 0 Å². The highest BCUT2D eigenvalue weighted by Crippen LogP contribution is 2.16. The summed E-state index contributed by atoms with van der Waals surface area (Å²) < 4.78 is 4.04. The van der Waals surface area contributed by atoms with Crippen LogP contribution in [0.2, 0.25) is 0 Å². The number of hydrogen-bond acceptors (Lipinski definition) is 5. The van der Waals surface area contributed by atoms with Crippen molar-refractivity contribution in [1.29, 1.82) is 0 Å². The van der Waals surface area contributed by atoms with Crippen molar-refractivity contribution in [3.05, 3.63) is 6.33 Å². The molecule has 15 heavy (non-hydrogen) atoms. The predicted molar refractivity (Wildman–Crippen MR) is 63.9 cm³/mol. The van der Waals surface area contributed by atoms with Crippen LogP contribution in [0.4, 0.5) is 5.13 Å². The van der Waals surface area contributed by atoms with Gasteiger partial charge in [0.2, 0.25) is 5.13 Å². The van der Waals surface area contributed by atoms with Gasteiger partial charge < -0.3 is 9.80 Å². The molecule has 0 bridgehead atoms. The van der Waals surface area contributed by atoms with Gasteiger partial charge in [0.25, 0.3) is 0 Å². The first-order valence-electron chi connectivity index (χ1n) is 5.20. The molecule has 1 aromatic rings. The van der Waals surface area contributed by atoms with Crippen LogP contribution in [-0.2, 0) is 0 Å². The van der Waals surface area contributed by atoms with Crippen LogP contribution in [0.1, 0.15) is 6.42 Å². The fourth-order valence-corrected chi connectivity index (χ4v) is 2.63. The van der Waals surface area contributed by atoms with Crippen LogP contribution >= 0.6 is 23.1 Å². The van der Waals surface area contributed by atoms with Gasteiger partial charge in [-0.25, -0.2) is 4.98 Å². The quantitative estimate of drug-likeness (QED) is 0.753. The summed E-state index contributed by atoms with van der Waals surface area (Å²) in [7, 11) is 0. The van der Waals surface area contributed by atoms with Crippen LogP contribution in [-0.4, -0.2) is 52.9 Å². The molecule has 1 saturated heterocycles. The number of hydrogen-bond donors (Lipinski definition) is 0. The second-order valence-electron chi connectivity index (χ2n) is 3.60. The summed E-state index contributed by atoms with van der Waals surface area (Å²) in [6.45, 7) is 5.32. The lowest BCUT2D eigenvalue weighted by Gasteiger charge is -2.20. The zero-order chi connectivity index (χ0) is 10.5. The van der Waals surface area contributed by atoms with Crippen molar-refractivity contribution in [2.45, 2.75) is 6.42 Å². The molecule has 0 radical (unpaired) electrons. The first-order chi connectivity index (χ1) is 7.40. The predicted octanol–water partition coefficient (Wildman–Crippen LogP) is 1.29. The Hall–Kier alpha value is -0.390. The minimum atomic E-state index is 0.721. The van der Waals surface area contributed by atoms with Gasteiger partial charge in [0, 0.05) is 43.6 Å². The first kappa shape index (κ1) is 11.1. The maximum atomic E-state index is 5.75. The van der Waals surface area contributed by atoms with E-state index >= 15 is 0 Å². The van der Waals surface area contributed by atoms with Crippen LogP contribution in [0.3, 0.4) is 0 Å². The second kappa shape index (κ2) is 5.63. The van der Waals surface area contributed by atoms with Crippen molar-refractivity contribution >= 4 is 28.3 Å². The van der Waals surface area contributed by atoms with E-state index in [0.717, 1.165) is 43.7 Å². The van der Waals surface area contributed by atoms with Crippen LogP contribution in [0.5, 0.6) is 0 Å². The minimum absolute atomic E-state index is 0.721. The van der Waals surface area contributed by atoms with E-state index < -0.39 is 0 Å². The lowest BCUT2D eigenvalue weighted by Crippen LogP contribution is -2.31. The topological polar surface area (TPSA) is 32.3 Å². The van der Waals surface area contributed by atoms with E-state index in [0.29, 0.717) is 0 Å². The number of anilines is 1. The maximum Gasteiger partial charge on any atom is 0.204 e. The largest absolute Gasteiger partial charge is 0.346 e. The van der Waals surface area contributed by atoms with Gasteiger partial charge in [-0.05, 0) is 13.0 Å².